The van der Waals surface area contributed by atoms with E-state index < -0.39 is 12.1 Å². The maximum atomic E-state index is 9.25. The van der Waals surface area contributed by atoms with Gasteiger partial charge in [0.05, 0.1) is 12.7 Å². The summed E-state index contributed by atoms with van der Waals surface area (Å²) >= 11 is 0. The summed E-state index contributed by atoms with van der Waals surface area (Å²) in [4.78, 5) is 9.25. The summed E-state index contributed by atoms with van der Waals surface area (Å²) in [6, 6.07) is 0. The lowest BCUT2D eigenvalue weighted by atomic mass is 10.5. The molecule has 0 aromatic heterocycles. The van der Waals surface area contributed by atoms with Crippen LogP contribution in [0.25, 0.3) is 0 Å². The highest BCUT2D eigenvalue weighted by Gasteiger charge is 1.83. The molecule has 0 saturated heterocycles. The Morgan fingerprint density at radius 1 is 1.35 bits per heavy atom. The molecule has 0 aliphatic rings. The van der Waals surface area contributed by atoms with E-state index in [0.717, 1.165) is 32.1 Å². The first-order chi connectivity index (χ1) is 7.95. The van der Waals surface area contributed by atoms with Gasteiger partial charge in [-0.25, -0.2) is 4.79 Å². The van der Waals surface area contributed by atoms with Crippen LogP contribution in [0.4, 0.5) is 0 Å². The van der Waals surface area contributed by atoms with Gasteiger partial charge in [0.1, 0.15) is 0 Å². The third-order valence-electron chi connectivity index (χ3n) is 1.14. The third kappa shape index (κ3) is 51.4. The second-order valence-electron chi connectivity index (χ2n) is 3.19. The number of carbonyl (C=O) groups is 1. The molecule has 0 spiro atoms. The molecule has 5 nitrogen and oxygen atoms in total. The number of carboxylic acids is 1. The molecule has 0 heterocycles. The molecule has 1 unspecified atom stereocenters. The van der Waals surface area contributed by atoms with Gasteiger partial charge in [-0.05, 0) is 19.8 Å². The zero-order valence-electron chi connectivity index (χ0n) is 11.1. The van der Waals surface area contributed by atoms with Gasteiger partial charge in [0.15, 0.2) is 0 Å². The minimum absolute atomic E-state index is 0.139. The van der Waals surface area contributed by atoms with Gasteiger partial charge in [-0.1, -0.05) is 20.4 Å². The highest BCUT2D eigenvalue weighted by Crippen LogP contribution is 1.81. The van der Waals surface area contributed by atoms with Gasteiger partial charge in [-0.15, -0.1) is 0 Å². The number of aliphatic carboxylic acids is 1. The average molecular weight is 250 g/mol. The van der Waals surface area contributed by atoms with E-state index in [9.17, 15) is 4.79 Å². The normalized spacial score (nSPS) is 10.2. The maximum Gasteiger partial charge on any atom is 0.327 e. The van der Waals surface area contributed by atoms with E-state index >= 15 is 0 Å². The van der Waals surface area contributed by atoms with E-state index in [1.54, 1.807) is 0 Å². The van der Waals surface area contributed by atoms with Crippen molar-refractivity contribution in [1.82, 2.24) is 0 Å². The van der Waals surface area contributed by atoms with Crippen molar-refractivity contribution in [2.24, 2.45) is 0 Å². The highest BCUT2D eigenvalue weighted by atomic mass is 16.5. The number of hydrogen-bond donors (Lipinski definition) is 3. The molecular weight excluding hydrogens is 224 g/mol. The van der Waals surface area contributed by atoms with Gasteiger partial charge in [0.25, 0.3) is 0 Å². The lowest BCUT2D eigenvalue weighted by molar-refractivity contribution is -0.131. The summed E-state index contributed by atoms with van der Waals surface area (Å²) in [7, 11) is 0. The number of carboxylic acid groups (broad SMARTS) is 1. The predicted octanol–water partition coefficient (Wildman–Crippen LogP) is 1.44. The van der Waals surface area contributed by atoms with Crippen LogP contribution in [0.15, 0.2) is 12.7 Å². The van der Waals surface area contributed by atoms with Crippen LogP contribution in [0.1, 0.15) is 33.6 Å². The molecule has 0 aliphatic carbocycles. The number of aliphatic hydroxyl groups excluding tert-OH is 2. The quantitative estimate of drug-likeness (QED) is 0.490. The molecule has 0 amide bonds. The van der Waals surface area contributed by atoms with Crippen LogP contribution in [0.3, 0.4) is 0 Å². The maximum absolute atomic E-state index is 9.25. The first kappa shape index (κ1) is 21.4. The fraction of sp³-hybridized carbons (Fsp3) is 0.750. The molecule has 0 aromatic carbocycles. The Labute approximate surface area is 104 Å². The molecular formula is C12H26O5. The summed E-state index contributed by atoms with van der Waals surface area (Å²) in [6.45, 7) is 10.4. The SMILES string of the molecule is C=CC(=O)O.CC(O)CO.CCCOCCC. The Kier molecular flexibility index (Phi) is 25.8. The Balaban J connectivity index is -0.000000177. The van der Waals surface area contributed by atoms with Crippen molar-refractivity contribution in [3.63, 3.8) is 0 Å². The van der Waals surface area contributed by atoms with Crippen molar-refractivity contribution in [2.75, 3.05) is 19.8 Å². The first-order valence-electron chi connectivity index (χ1n) is 5.68. The van der Waals surface area contributed by atoms with Crippen LogP contribution in [-0.2, 0) is 9.53 Å². The van der Waals surface area contributed by atoms with Crippen LogP contribution in [-0.4, -0.2) is 47.2 Å². The van der Waals surface area contributed by atoms with Crippen molar-refractivity contribution in [3.8, 4) is 0 Å². The van der Waals surface area contributed by atoms with Crippen LogP contribution < -0.4 is 0 Å². The lowest BCUT2D eigenvalue weighted by Gasteiger charge is -1.95. The van der Waals surface area contributed by atoms with Crippen molar-refractivity contribution in [1.29, 1.82) is 0 Å². The summed E-state index contributed by atoms with van der Waals surface area (Å²) in [5.41, 5.74) is 0. The second-order valence-corrected chi connectivity index (χ2v) is 3.19. The number of hydrogen-bond acceptors (Lipinski definition) is 4. The van der Waals surface area contributed by atoms with Crippen molar-refractivity contribution >= 4 is 5.97 Å². The molecule has 5 heteroatoms. The monoisotopic (exact) mass is 250 g/mol. The van der Waals surface area contributed by atoms with Crippen LogP contribution in [0.5, 0.6) is 0 Å². The fourth-order valence-electron chi connectivity index (χ4n) is 0.391. The number of ether oxygens (including phenoxy) is 1. The molecule has 1 atom stereocenters. The minimum atomic E-state index is -0.981. The van der Waals surface area contributed by atoms with Crippen molar-refractivity contribution in [3.05, 3.63) is 12.7 Å². The standard InChI is InChI=1S/C6H14O.C3H8O2.C3H4O2/c1-3-5-7-6-4-2;1-3(5)2-4;1-2-3(4)5/h3-6H2,1-2H3;3-5H,2H2,1H3;2H,1H2,(H,4,5). The van der Waals surface area contributed by atoms with Crippen LogP contribution in [0, 0.1) is 0 Å². The van der Waals surface area contributed by atoms with E-state index in [-0.39, 0.29) is 6.61 Å². The predicted molar refractivity (Wildman–Crippen MR) is 68.0 cm³/mol. The number of rotatable bonds is 6. The Morgan fingerprint density at radius 3 is 1.76 bits per heavy atom. The molecule has 3 N–H and O–H groups in total. The molecule has 17 heavy (non-hydrogen) atoms. The molecule has 0 saturated carbocycles. The Hall–Kier alpha value is -0.910. The highest BCUT2D eigenvalue weighted by molar-refractivity contribution is 5.78. The molecule has 0 aromatic rings. The van der Waals surface area contributed by atoms with Crippen LogP contribution >= 0.6 is 0 Å². The molecule has 0 rings (SSSR count). The topological polar surface area (TPSA) is 87.0 Å². The Morgan fingerprint density at radius 2 is 1.65 bits per heavy atom. The van der Waals surface area contributed by atoms with E-state index in [1.807, 2.05) is 0 Å². The summed E-state index contributed by atoms with van der Waals surface area (Å²) in [6.07, 6.45) is 2.55. The van der Waals surface area contributed by atoms with E-state index in [0.29, 0.717) is 0 Å². The average Bonchev–Trinajstić information content (AvgIpc) is 2.31. The van der Waals surface area contributed by atoms with Crippen molar-refractivity contribution < 1.29 is 24.9 Å². The third-order valence-corrected chi connectivity index (χ3v) is 1.14. The van der Waals surface area contributed by atoms with E-state index in [4.69, 9.17) is 20.1 Å². The van der Waals surface area contributed by atoms with Gasteiger partial charge in [0.2, 0.25) is 0 Å². The van der Waals surface area contributed by atoms with E-state index in [1.165, 1.54) is 6.92 Å². The first-order valence-corrected chi connectivity index (χ1v) is 5.68. The van der Waals surface area contributed by atoms with Gasteiger partial charge >= 0.3 is 5.97 Å². The van der Waals surface area contributed by atoms with Gasteiger partial charge in [-0.3, -0.25) is 0 Å². The van der Waals surface area contributed by atoms with Gasteiger partial charge < -0.3 is 20.1 Å². The largest absolute Gasteiger partial charge is 0.478 e. The van der Waals surface area contributed by atoms with Crippen molar-refractivity contribution in [2.45, 2.75) is 39.7 Å². The summed E-state index contributed by atoms with van der Waals surface area (Å²) in [5, 5.41) is 23.6. The molecule has 0 radical (unpaired) electrons. The van der Waals surface area contributed by atoms with Gasteiger partial charge in [0, 0.05) is 19.3 Å². The zero-order chi connectivity index (χ0) is 14.1. The van der Waals surface area contributed by atoms with Crippen LogP contribution in [0.2, 0.25) is 0 Å². The van der Waals surface area contributed by atoms with E-state index in [2.05, 4.69) is 20.4 Å². The minimum Gasteiger partial charge on any atom is -0.478 e. The second kappa shape index (κ2) is 20.5. The molecule has 0 bridgehead atoms. The van der Waals surface area contributed by atoms with Gasteiger partial charge in [-0.2, -0.15) is 0 Å². The molecule has 0 aliphatic heterocycles. The Bertz CT molecular complexity index is 153. The summed E-state index contributed by atoms with van der Waals surface area (Å²) in [5.74, 6) is -0.981. The smallest absolute Gasteiger partial charge is 0.327 e. The molecule has 0 fully saturated rings. The summed E-state index contributed by atoms with van der Waals surface area (Å²) < 4.78 is 5.13. The fourth-order valence-corrected chi connectivity index (χ4v) is 0.391. The lowest BCUT2D eigenvalue weighted by Crippen LogP contribution is -2.03. The molecule has 104 valence electrons. The zero-order valence-corrected chi connectivity index (χ0v) is 11.1. The number of aliphatic hydroxyl groups is 2.